The van der Waals surface area contributed by atoms with Crippen molar-refractivity contribution in [3.8, 4) is 0 Å². The molecule has 1 aromatic heterocycles. The van der Waals surface area contributed by atoms with Crippen LogP contribution in [0.15, 0.2) is 48.8 Å². The lowest BCUT2D eigenvalue weighted by atomic mass is 10.2. The second kappa shape index (κ2) is 8.01. The van der Waals surface area contributed by atoms with Crippen LogP contribution < -0.4 is 9.88 Å². The van der Waals surface area contributed by atoms with Gasteiger partial charge in [0.25, 0.3) is 0 Å². The van der Waals surface area contributed by atoms with Crippen molar-refractivity contribution in [2.75, 3.05) is 5.32 Å². The molecule has 0 saturated carbocycles. The summed E-state index contributed by atoms with van der Waals surface area (Å²) in [4.78, 5) is 11.8. The van der Waals surface area contributed by atoms with E-state index in [9.17, 15) is 4.79 Å². The van der Waals surface area contributed by atoms with Gasteiger partial charge in [0.1, 0.15) is 6.54 Å². The van der Waals surface area contributed by atoms with Crippen LogP contribution in [0.2, 0.25) is 10.0 Å². The Kier molecular flexibility index (Phi) is 6.03. The van der Waals surface area contributed by atoms with Crippen LogP contribution in [0, 0.1) is 0 Å². The molecule has 1 N–H and O–H groups in total. The number of rotatable bonds is 6. The summed E-state index contributed by atoms with van der Waals surface area (Å²) in [7, 11) is 0. The van der Waals surface area contributed by atoms with Crippen molar-refractivity contribution in [3.63, 3.8) is 0 Å². The highest BCUT2D eigenvalue weighted by atomic mass is 35.5. The van der Waals surface area contributed by atoms with Crippen molar-refractivity contribution < 1.29 is 9.36 Å². The topological polar surface area (TPSA) is 33.0 Å². The fourth-order valence-electron chi connectivity index (χ4n) is 1.96. The summed E-state index contributed by atoms with van der Waals surface area (Å²) in [6.45, 7) is 0.918. The number of benzene rings is 1. The normalized spacial score (nSPS) is 10.4. The summed E-state index contributed by atoms with van der Waals surface area (Å²) in [5.74, 6) is -0.00792. The molecule has 0 aliphatic heterocycles. The summed E-state index contributed by atoms with van der Waals surface area (Å²) in [6.07, 6.45) is 6.34. The fourth-order valence-corrected chi connectivity index (χ4v) is 2.26. The molecule has 5 heteroatoms. The van der Waals surface area contributed by atoms with Gasteiger partial charge in [0.2, 0.25) is 5.91 Å². The Morgan fingerprint density at radius 3 is 2.52 bits per heavy atom. The number of unbranched alkanes of at least 4 members (excludes halogenated alkanes) is 1. The molecule has 0 aliphatic carbocycles. The molecular weight excluding hydrogens is 307 g/mol. The molecule has 3 nitrogen and oxygen atoms in total. The van der Waals surface area contributed by atoms with Gasteiger partial charge in [-0.25, -0.2) is 4.57 Å². The summed E-state index contributed by atoms with van der Waals surface area (Å²) < 4.78 is 2.11. The molecular formula is C16H17Cl2N2O+. The van der Waals surface area contributed by atoms with Gasteiger partial charge in [0.05, 0.1) is 10.0 Å². The zero-order valence-electron chi connectivity index (χ0n) is 11.6. The number of amides is 1. The Hall–Kier alpha value is -1.58. The SMILES string of the molecule is O=C(CCCC[n+]1ccccc1)Nc1ccc(Cl)c(Cl)c1. The first kappa shape index (κ1) is 15.8. The second-order valence-electron chi connectivity index (χ2n) is 4.75. The Labute approximate surface area is 134 Å². The lowest BCUT2D eigenvalue weighted by Crippen LogP contribution is -2.32. The molecule has 110 valence electrons. The van der Waals surface area contributed by atoms with E-state index in [1.807, 2.05) is 30.6 Å². The highest BCUT2D eigenvalue weighted by Gasteiger charge is 2.05. The van der Waals surface area contributed by atoms with Gasteiger partial charge in [-0.2, -0.15) is 0 Å². The van der Waals surface area contributed by atoms with Crippen molar-refractivity contribution in [1.82, 2.24) is 0 Å². The Morgan fingerprint density at radius 2 is 1.81 bits per heavy atom. The van der Waals surface area contributed by atoms with Gasteiger partial charge in [-0.1, -0.05) is 29.3 Å². The fraction of sp³-hybridized carbons (Fsp3) is 0.250. The van der Waals surface area contributed by atoms with Crippen molar-refractivity contribution in [1.29, 1.82) is 0 Å². The first-order chi connectivity index (χ1) is 10.1. The molecule has 2 rings (SSSR count). The predicted molar refractivity (Wildman–Crippen MR) is 85.6 cm³/mol. The maximum atomic E-state index is 11.8. The van der Waals surface area contributed by atoms with Crippen LogP contribution in [0.25, 0.3) is 0 Å². The van der Waals surface area contributed by atoms with E-state index >= 15 is 0 Å². The van der Waals surface area contributed by atoms with Crippen LogP contribution in [0.5, 0.6) is 0 Å². The van der Waals surface area contributed by atoms with E-state index in [0.29, 0.717) is 22.2 Å². The quantitative estimate of drug-likeness (QED) is 0.630. The van der Waals surface area contributed by atoms with E-state index in [-0.39, 0.29) is 5.91 Å². The Balaban J connectivity index is 1.71. The minimum atomic E-state index is -0.00792. The highest BCUT2D eigenvalue weighted by Crippen LogP contribution is 2.25. The van der Waals surface area contributed by atoms with Gasteiger partial charge in [-0.3, -0.25) is 4.79 Å². The van der Waals surface area contributed by atoms with Gasteiger partial charge in [0, 0.05) is 30.7 Å². The first-order valence-corrected chi connectivity index (χ1v) is 7.60. The standard InChI is InChI=1S/C16H16Cl2N2O/c17-14-8-7-13(12-15(14)18)19-16(21)6-2-5-11-20-9-3-1-4-10-20/h1,3-4,7-10,12H,2,5-6,11H2/p+1. The monoisotopic (exact) mass is 323 g/mol. The van der Waals surface area contributed by atoms with Crippen LogP contribution in [0.1, 0.15) is 19.3 Å². The zero-order valence-corrected chi connectivity index (χ0v) is 13.1. The minimum absolute atomic E-state index is 0.00792. The van der Waals surface area contributed by atoms with E-state index in [2.05, 4.69) is 9.88 Å². The number of hydrogen-bond acceptors (Lipinski definition) is 1. The average molecular weight is 324 g/mol. The van der Waals surface area contributed by atoms with Gasteiger partial charge >= 0.3 is 0 Å². The second-order valence-corrected chi connectivity index (χ2v) is 5.56. The maximum absolute atomic E-state index is 11.8. The molecule has 1 aromatic carbocycles. The van der Waals surface area contributed by atoms with Gasteiger partial charge in [-0.15, -0.1) is 0 Å². The minimum Gasteiger partial charge on any atom is -0.326 e. The molecule has 0 spiro atoms. The summed E-state index contributed by atoms with van der Waals surface area (Å²) in [6, 6.07) is 11.0. The van der Waals surface area contributed by atoms with Gasteiger partial charge in [0.15, 0.2) is 12.4 Å². The number of halogens is 2. The van der Waals surface area contributed by atoms with E-state index < -0.39 is 0 Å². The first-order valence-electron chi connectivity index (χ1n) is 6.84. The van der Waals surface area contributed by atoms with Crippen LogP contribution in [-0.2, 0) is 11.3 Å². The molecule has 0 aliphatic rings. The number of nitrogens with one attached hydrogen (secondary N) is 1. The third-order valence-electron chi connectivity index (χ3n) is 3.05. The largest absolute Gasteiger partial charge is 0.326 e. The van der Waals surface area contributed by atoms with Crippen LogP contribution in [0.4, 0.5) is 5.69 Å². The Morgan fingerprint density at radius 1 is 1.05 bits per heavy atom. The van der Waals surface area contributed by atoms with E-state index in [1.165, 1.54) is 0 Å². The molecule has 0 unspecified atom stereocenters. The molecule has 0 bridgehead atoms. The molecule has 2 aromatic rings. The van der Waals surface area contributed by atoms with Crippen molar-refractivity contribution in [3.05, 3.63) is 58.8 Å². The third-order valence-corrected chi connectivity index (χ3v) is 3.79. The van der Waals surface area contributed by atoms with Crippen molar-refractivity contribution in [2.45, 2.75) is 25.8 Å². The van der Waals surface area contributed by atoms with E-state index in [1.54, 1.807) is 18.2 Å². The average Bonchev–Trinajstić information content (AvgIpc) is 2.49. The van der Waals surface area contributed by atoms with Crippen LogP contribution in [-0.4, -0.2) is 5.91 Å². The summed E-state index contributed by atoms with van der Waals surface area (Å²) in [5.41, 5.74) is 0.673. The molecule has 0 saturated heterocycles. The number of aryl methyl sites for hydroxylation is 1. The highest BCUT2D eigenvalue weighted by molar-refractivity contribution is 6.42. The van der Waals surface area contributed by atoms with Gasteiger partial charge in [-0.05, 0) is 24.6 Å². The lowest BCUT2D eigenvalue weighted by Gasteiger charge is -2.06. The molecule has 1 heterocycles. The van der Waals surface area contributed by atoms with Crippen molar-refractivity contribution >= 4 is 34.8 Å². The number of carbonyl (C=O) groups is 1. The third kappa shape index (κ3) is 5.37. The van der Waals surface area contributed by atoms with E-state index in [4.69, 9.17) is 23.2 Å². The summed E-state index contributed by atoms with van der Waals surface area (Å²) >= 11 is 11.7. The molecule has 0 fully saturated rings. The smallest absolute Gasteiger partial charge is 0.224 e. The molecule has 0 atom stereocenters. The molecule has 0 radical (unpaired) electrons. The predicted octanol–water partition coefficient (Wildman–Crippen LogP) is 4.09. The Bertz CT molecular complexity index is 602. The number of carbonyl (C=O) groups excluding carboxylic acids is 1. The number of aromatic nitrogens is 1. The molecule has 1 amide bonds. The number of anilines is 1. The van der Waals surface area contributed by atoms with E-state index in [0.717, 1.165) is 19.4 Å². The summed E-state index contributed by atoms with van der Waals surface area (Å²) in [5, 5.41) is 3.74. The van der Waals surface area contributed by atoms with Crippen LogP contribution >= 0.6 is 23.2 Å². The maximum Gasteiger partial charge on any atom is 0.224 e. The van der Waals surface area contributed by atoms with Crippen molar-refractivity contribution in [2.24, 2.45) is 0 Å². The lowest BCUT2D eigenvalue weighted by molar-refractivity contribution is -0.697. The van der Waals surface area contributed by atoms with Crippen LogP contribution in [0.3, 0.4) is 0 Å². The number of nitrogens with zero attached hydrogens (tertiary/aromatic N) is 1. The number of hydrogen-bond donors (Lipinski definition) is 1. The number of pyridine rings is 1. The van der Waals surface area contributed by atoms with Gasteiger partial charge < -0.3 is 5.32 Å². The zero-order chi connectivity index (χ0) is 15.1. The molecule has 21 heavy (non-hydrogen) atoms.